The van der Waals surface area contributed by atoms with Crippen LogP contribution in [-0.4, -0.2) is 36.6 Å². The summed E-state index contributed by atoms with van der Waals surface area (Å²) in [5.74, 6) is 0.155. The van der Waals surface area contributed by atoms with Crippen molar-refractivity contribution in [1.29, 1.82) is 0 Å². The maximum Gasteiger partial charge on any atom is 0.290 e. The van der Waals surface area contributed by atoms with Crippen molar-refractivity contribution in [3.8, 4) is 0 Å². The predicted octanol–water partition coefficient (Wildman–Crippen LogP) is 3.65. The lowest BCUT2D eigenvalue weighted by molar-refractivity contribution is 0.0564. The molecule has 3 heterocycles. The van der Waals surface area contributed by atoms with Crippen molar-refractivity contribution in [1.82, 2.24) is 4.90 Å². The third-order valence-corrected chi connectivity index (χ3v) is 7.84. The van der Waals surface area contributed by atoms with Gasteiger partial charge in [0.05, 0.1) is 10.1 Å². The van der Waals surface area contributed by atoms with Gasteiger partial charge >= 0.3 is 0 Å². The molecular weight excluding hydrogens is 406 g/mol. The highest BCUT2D eigenvalue weighted by molar-refractivity contribution is 9.10. The van der Waals surface area contributed by atoms with Crippen LogP contribution in [0.4, 0.5) is 0 Å². The van der Waals surface area contributed by atoms with E-state index in [1.165, 1.54) is 0 Å². The first-order valence-electron chi connectivity index (χ1n) is 8.34. The fourth-order valence-electron chi connectivity index (χ4n) is 4.07. The van der Waals surface area contributed by atoms with Crippen LogP contribution in [0.5, 0.6) is 0 Å². The van der Waals surface area contributed by atoms with Gasteiger partial charge in [-0.3, -0.25) is 4.79 Å². The van der Waals surface area contributed by atoms with Crippen molar-refractivity contribution in [2.45, 2.75) is 47.9 Å². The number of hydrogen-bond donors (Lipinski definition) is 0. The average Bonchev–Trinajstić information content (AvgIpc) is 3.15. The summed E-state index contributed by atoms with van der Waals surface area (Å²) in [5.41, 5.74) is 0. The minimum Gasteiger partial charge on any atom is -0.444 e. The Hall–Kier alpha value is -1.60. The number of carbonyl (C=O) groups is 1. The maximum atomic E-state index is 12.9. The molecule has 7 heteroatoms. The van der Waals surface area contributed by atoms with Crippen molar-refractivity contribution >= 4 is 31.7 Å². The molecule has 3 atom stereocenters. The predicted molar refractivity (Wildman–Crippen MR) is 96.0 cm³/mol. The molecule has 1 unspecified atom stereocenters. The maximum absolute atomic E-state index is 12.9. The van der Waals surface area contributed by atoms with Crippen LogP contribution >= 0.6 is 15.9 Å². The highest BCUT2D eigenvalue weighted by Crippen LogP contribution is 2.40. The standard InChI is InChI=1S/C18H18BrNO4S/c19-17-9-8-16(24-17)18(21)20-12-6-7-13(20)11-15(10-12)25(22,23)14-4-2-1-3-5-14/h1-5,8-9,12-13,15H,6-7,10-11H2/t12-,13+,15?. The Bertz CT molecular complexity index is 879. The second-order valence-corrected chi connectivity index (χ2v) is 9.66. The molecule has 2 aliphatic heterocycles. The van der Waals surface area contributed by atoms with Crippen molar-refractivity contribution in [2.75, 3.05) is 0 Å². The number of fused-ring (bicyclic) bond motifs is 2. The molecule has 2 aliphatic rings. The number of nitrogens with zero attached hydrogens (tertiary/aromatic N) is 1. The van der Waals surface area contributed by atoms with Gasteiger partial charge in [0, 0.05) is 12.1 Å². The van der Waals surface area contributed by atoms with Gasteiger partial charge in [-0.15, -0.1) is 0 Å². The first kappa shape index (κ1) is 16.8. The molecule has 2 aromatic rings. The molecular formula is C18H18BrNO4S. The molecule has 4 rings (SSSR count). The van der Waals surface area contributed by atoms with E-state index in [0.717, 1.165) is 12.8 Å². The first-order valence-corrected chi connectivity index (χ1v) is 10.7. The summed E-state index contributed by atoms with van der Waals surface area (Å²) < 4.78 is 31.8. The van der Waals surface area contributed by atoms with Crippen LogP contribution in [-0.2, 0) is 9.84 Å². The smallest absolute Gasteiger partial charge is 0.290 e. The van der Waals surface area contributed by atoms with E-state index in [-0.39, 0.29) is 18.0 Å². The van der Waals surface area contributed by atoms with E-state index >= 15 is 0 Å². The second-order valence-electron chi connectivity index (χ2n) is 6.65. The zero-order chi connectivity index (χ0) is 17.6. The van der Waals surface area contributed by atoms with Crippen molar-refractivity contribution in [3.05, 3.63) is 52.9 Å². The molecule has 1 amide bonds. The molecule has 5 nitrogen and oxygen atoms in total. The minimum atomic E-state index is -3.37. The van der Waals surface area contributed by atoms with Crippen LogP contribution in [0.2, 0.25) is 0 Å². The number of carbonyl (C=O) groups excluding carboxylic acids is 1. The van der Waals surface area contributed by atoms with E-state index < -0.39 is 15.1 Å². The van der Waals surface area contributed by atoms with Crippen molar-refractivity contribution < 1.29 is 17.6 Å². The lowest BCUT2D eigenvalue weighted by Crippen LogP contribution is -2.49. The topological polar surface area (TPSA) is 67.6 Å². The van der Waals surface area contributed by atoms with Crippen molar-refractivity contribution in [2.24, 2.45) is 0 Å². The molecule has 132 valence electrons. The van der Waals surface area contributed by atoms with Gasteiger partial charge in [-0.25, -0.2) is 8.42 Å². The van der Waals surface area contributed by atoms with Crippen LogP contribution in [0, 0.1) is 0 Å². The third-order valence-electron chi connectivity index (χ3n) is 5.22. The van der Waals surface area contributed by atoms with E-state index in [1.54, 1.807) is 36.4 Å². The molecule has 0 spiro atoms. The molecule has 0 aliphatic carbocycles. The quantitative estimate of drug-likeness (QED) is 0.755. The Morgan fingerprint density at radius 1 is 1.04 bits per heavy atom. The molecule has 2 bridgehead atoms. The molecule has 1 aromatic carbocycles. The number of sulfone groups is 1. The van der Waals surface area contributed by atoms with Crippen LogP contribution in [0.3, 0.4) is 0 Å². The van der Waals surface area contributed by atoms with E-state index in [1.807, 2.05) is 11.0 Å². The summed E-state index contributed by atoms with van der Waals surface area (Å²) in [4.78, 5) is 15.0. The summed E-state index contributed by atoms with van der Waals surface area (Å²) in [6.07, 6.45) is 2.67. The third kappa shape index (κ3) is 2.93. The zero-order valence-electron chi connectivity index (χ0n) is 13.5. The number of rotatable bonds is 3. The molecule has 2 fully saturated rings. The van der Waals surface area contributed by atoms with Gasteiger partial charge in [0.15, 0.2) is 20.3 Å². The lowest BCUT2D eigenvalue weighted by Gasteiger charge is -2.38. The zero-order valence-corrected chi connectivity index (χ0v) is 15.9. The lowest BCUT2D eigenvalue weighted by atomic mass is 10.0. The summed E-state index contributed by atoms with van der Waals surface area (Å²) in [6.45, 7) is 0. The Labute approximate surface area is 155 Å². The van der Waals surface area contributed by atoms with Gasteiger partial charge in [0.2, 0.25) is 0 Å². The molecule has 0 radical (unpaired) electrons. The monoisotopic (exact) mass is 423 g/mol. The number of hydrogen-bond acceptors (Lipinski definition) is 4. The molecule has 0 saturated carbocycles. The summed E-state index contributed by atoms with van der Waals surface area (Å²) in [5, 5.41) is -0.431. The van der Waals surface area contributed by atoms with E-state index in [2.05, 4.69) is 15.9 Å². The highest BCUT2D eigenvalue weighted by Gasteiger charge is 2.47. The van der Waals surface area contributed by atoms with Gasteiger partial charge in [0.1, 0.15) is 0 Å². The summed E-state index contributed by atoms with van der Waals surface area (Å²) in [6, 6.07) is 11.9. The molecule has 25 heavy (non-hydrogen) atoms. The Morgan fingerprint density at radius 3 is 2.24 bits per heavy atom. The SMILES string of the molecule is O=C(c1ccc(Br)o1)N1[C@@H]2CC[C@H]1CC(S(=O)(=O)c1ccccc1)C2. The Balaban J connectivity index is 1.57. The minimum absolute atomic E-state index is 0.0430. The fraction of sp³-hybridized carbons (Fsp3) is 0.389. The second kappa shape index (κ2) is 6.29. The summed E-state index contributed by atoms with van der Waals surface area (Å²) in [7, 11) is -3.37. The van der Waals surface area contributed by atoms with Gasteiger partial charge in [-0.2, -0.15) is 0 Å². The van der Waals surface area contributed by atoms with Crippen LogP contribution in [0.15, 0.2) is 56.4 Å². The number of amides is 1. The van der Waals surface area contributed by atoms with Gasteiger partial charge in [-0.05, 0) is 65.9 Å². The van der Waals surface area contributed by atoms with E-state index in [0.29, 0.717) is 28.2 Å². The number of furan rings is 1. The molecule has 0 N–H and O–H groups in total. The van der Waals surface area contributed by atoms with Crippen LogP contribution in [0.25, 0.3) is 0 Å². The molecule has 1 aromatic heterocycles. The number of halogens is 1. The number of benzene rings is 1. The first-order chi connectivity index (χ1) is 12.0. The molecule has 2 saturated heterocycles. The highest BCUT2D eigenvalue weighted by atomic mass is 79.9. The van der Waals surface area contributed by atoms with Crippen LogP contribution in [0.1, 0.15) is 36.2 Å². The van der Waals surface area contributed by atoms with Crippen molar-refractivity contribution in [3.63, 3.8) is 0 Å². The van der Waals surface area contributed by atoms with Gasteiger partial charge in [0.25, 0.3) is 5.91 Å². The Morgan fingerprint density at radius 2 is 1.68 bits per heavy atom. The Kier molecular flexibility index (Phi) is 4.24. The fourth-order valence-corrected chi connectivity index (χ4v) is 6.25. The van der Waals surface area contributed by atoms with Crippen LogP contribution < -0.4 is 0 Å². The normalized spacial score (nSPS) is 26.0. The van der Waals surface area contributed by atoms with E-state index in [4.69, 9.17) is 4.42 Å². The average molecular weight is 424 g/mol. The van der Waals surface area contributed by atoms with Gasteiger partial charge in [-0.1, -0.05) is 18.2 Å². The number of piperidine rings is 1. The van der Waals surface area contributed by atoms with Gasteiger partial charge < -0.3 is 9.32 Å². The largest absolute Gasteiger partial charge is 0.444 e. The van der Waals surface area contributed by atoms with E-state index in [9.17, 15) is 13.2 Å². The summed E-state index contributed by atoms with van der Waals surface area (Å²) >= 11 is 3.22.